The van der Waals surface area contributed by atoms with E-state index < -0.39 is 0 Å². The van der Waals surface area contributed by atoms with Crippen molar-refractivity contribution in [3.05, 3.63) is 66.0 Å². The zero-order valence-electron chi connectivity index (χ0n) is 14.8. The molecule has 2 aromatic rings. The van der Waals surface area contributed by atoms with E-state index in [1.165, 1.54) is 12.1 Å². The smallest absolute Gasteiger partial charge is 0.230 e. The molecule has 2 unspecified atom stereocenters. The number of hydrogen-bond donors (Lipinski definition) is 1. The van der Waals surface area contributed by atoms with Crippen molar-refractivity contribution in [2.75, 3.05) is 18.0 Å². The third-order valence-corrected chi connectivity index (χ3v) is 4.72. The molecule has 0 saturated heterocycles. The van der Waals surface area contributed by atoms with Crippen molar-refractivity contribution < 1.29 is 14.0 Å². The van der Waals surface area contributed by atoms with Crippen LogP contribution in [0.5, 0.6) is 0 Å². The van der Waals surface area contributed by atoms with E-state index >= 15 is 0 Å². The highest BCUT2D eigenvalue weighted by atomic mass is 19.1. The Morgan fingerprint density at radius 1 is 1.08 bits per heavy atom. The predicted molar refractivity (Wildman–Crippen MR) is 99.2 cm³/mol. The maximum absolute atomic E-state index is 12.9. The van der Waals surface area contributed by atoms with Crippen LogP contribution in [0.4, 0.5) is 10.1 Å². The number of hydrogen-bond acceptors (Lipinski definition) is 2. The molecule has 2 aromatic carbocycles. The maximum Gasteiger partial charge on any atom is 0.230 e. The summed E-state index contributed by atoms with van der Waals surface area (Å²) in [6.07, 6.45) is 1.24. The van der Waals surface area contributed by atoms with Crippen molar-refractivity contribution in [3.8, 4) is 0 Å². The standard InChI is InChI=1S/C21H23FN2O2/c1-2-24(17-6-4-3-5-7-17)21(26)19-14-18(19)20(25)23-13-12-15-8-10-16(22)11-9-15/h3-11,18-19H,2,12-14H2,1H3,(H,23,25). The number of halogens is 1. The highest BCUT2D eigenvalue weighted by Crippen LogP contribution is 2.40. The lowest BCUT2D eigenvalue weighted by atomic mass is 10.1. The number of rotatable bonds is 7. The number of amides is 2. The molecular weight excluding hydrogens is 331 g/mol. The molecule has 5 heteroatoms. The number of carbonyl (C=O) groups is 2. The van der Waals surface area contributed by atoms with Crippen molar-refractivity contribution in [1.82, 2.24) is 5.32 Å². The molecule has 1 aliphatic rings. The zero-order chi connectivity index (χ0) is 18.5. The van der Waals surface area contributed by atoms with Crippen LogP contribution >= 0.6 is 0 Å². The molecule has 0 aromatic heterocycles. The third kappa shape index (κ3) is 4.28. The second kappa shape index (κ2) is 8.13. The third-order valence-electron chi connectivity index (χ3n) is 4.72. The average molecular weight is 354 g/mol. The largest absolute Gasteiger partial charge is 0.356 e. The summed E-state index contributed by atoms with van der Waals surface area (Å²) in [5.41, 5.74) is 1.83. The average Bonchev–Trinajstić information content (AvgIpc) is 3.46. The molecule has 26 heavy (non-hydrogen) atoms. The van der Waals surface area contributed by atoms with Gasteiger partial charge in [0.05, 0.1) is 11.8 Å². The van der Waals surface area contributed by atoms with Crippen LogP contribution in [0.1, 0.15) is 18.9 Å². The molecular formula is C21H23FN2O2. The lowest BCUT2D eigenvalue weighted by molar-refractivity contribution is -0.126. The molecule has 0 heterocycles. The summed E-state index contributed by atoms with van der Waals surface area (Å²) in [6.45, 7) is 3.00. The minimum absolute atomic E-state index is 0.0115. The fourth-order valence-electron chi connectivity index (χ4n) is 3.14. The van der Waals surface area contributed by atoms with Gasteiger partial charge in [-0.05, 0) is 49.6 Å². The van der Waals surface area contributed by atoms with Crippen molar-refractivity contribution in [2.45, 2.75) is 19.8 Å². The van der Waals surface area contributed by atoms with Gasteiger partial charge in [-0.2, -0.15) is 0 Å². The predicted octanol–water partition coefficient (Wildman–Crippen LogP) is 3.17. The molecule has 0 spiro atoms. The van der Waals surface area contributed by atoms with Crippen molar-refractivity contribution in [2.24, 2.45) is 11.8 Å². The zero-order valence-corrected chi connectivity index (χ0v) is 14.8. The van der Waals surface area contributed by atoms with E-state index in [9.17, 15) is 14.0 Å². The molecule has 3 rings (SSSR count). The van der Waals surface area contributed by atoms with Gasteiger partial charge in [0.1, 0.15) is 5.82 Å². The van der Waals surface area contributed by atoms with Gasteiger partial charge in [0, 0.05) is 18.8 Å². The van der Waals surface area contributed by atoms with Gasteiger partial charge in [0.25, 0.3) is 0 Å². The van der Waals surface area contributed by atoms with Gasteiger partial charge < -0.3 is 10.2 Å². The van der Waals surface area contributed by atoms with Crippen LogP contribution in [0.25, 0.3) is 0 Å². The maximum atomic E-state index is 12.9. The normalized spacial score (nSPS) is 18.2. The second-order valence-corrected chi connectivity index (χ2v) is 6.53. The molecule has 1 N–H and O–H groups in total. The van der Waals surface area contributed by atoms with Gasteiger partial charge in [-0.25, -0.2) is 4.39 Å². The summed E-state index contributed by atoms with van der Waals surface area (Å²) in [5, 5.41) is 2.89. The number of anilines is 1. The number of para-hydroxylation sites is 1. The molecule has 1 saturated carbocycles. The molecule has 1 fully saturated rings. The highest BCUT2D eigenvalue weighted by molar-refractivity contribution is 6.01. The number of nitrogens with zero attached hydrogens (tertiary/aromatic N) is 1. The van der Waals surface area contributed by atoms with Gasteiger partial charge in [-0.3, -0.25) is 9.59 Å². The first-order chi connectivity index (χ1) is 12.6. The molecule has 0 radical (unpaired) electrons. The molecule has 2 amide bonds. The van der Waals surface area contributed by atoms with Crippen LogP contribution < -0.4 is 10.2 Å². The Morgan fingerprint density at radius 3 is 2.42 bits per heavy atom. The van der Waals surface area contributed by atoms with Gasteiger partial charge in [-0.15, -0.1) is 0 Å². The van der Waals surface area contributed by atoms with Crippen LogP contribution in [0.15, 0.2) is 54.6 Å². The molecule has 0 bridgehead atoms. The minimum Gasteiger partial charge on any atom is -0.356 e. The number of nitrogens with one attached hydrogen (secondary N) is 1. The van der Waals surface area contributed by atoms with E-state index in [0.717, 1.165) is 11.3 Å². The lowest BCUT2D eigenvalue weighted by Crippen LogP contribution is -2.34. The molecule has 2 atom stereocenters. The highest BCUT2D eigenvalue weighted by Gasteiger charge is 2.49. The number of benzene rings is 2. The van der Waals surface area contributed by atoms with Crippen molar-refractivity contribution in [3.63, 3.8) is 0 Å². The Kier molecular flexibility index (Phi) is 5.66. The molecule has 136 valence electrons. The van der Waals surface area contributed by atoms with E-state index in [2.05, 4.69) is 5.32 Å². The Hall–Kier alpha value is -2.69. The van der Waals surface area contributed by atoms with Crippen LogP contribution in [0.3, 0.4) is 0 Å². The Morgan fingerprint density at radius 2 is 1.77 bits per heavy atom. The summed E-state index contributed by atoms with van der Waals surface area (Å²) in [4.78, 5) is 26.7. The molecule has 4 nitrogen and oxygen atoms in total. The van der Waals surface area contributed by atoms with Crippen molar-refractivity contribution in [1.29, 1.82) is 0 Å². The van der Waals surface area contributed by atoms with E-state index in [4.69, 9.17) is 0 Å². The summed E-state index contributed by atoms with van der Waals surface area (Å²) < 4.78 is 12.9. The van der Waals surface area contributed by atoms with E-state index in [-0.39, 0.29) is 29.5 Å². The van der Waals surface area contributed by atoms with Crippen LogP contribution in [0, 0.1) is 17.7 Å². The summed E-state index contributed by atoms with van der Waals surface area (Å²) >= 11 is 0. The first-order valence-corrected chi connectivity index (χ1v) is 8.98. The topological polar surface area (TPSA) is 49.4 Å². The number of carbonyl (C=O) groups excluding carboxylic acids is 2. The quantitative estimate of drug-likeness (QED) is 0.830. The summed E-state index contributed by atoms with van der Waals surface area (Å²) in [6, 6.07) is 15.8. The van der Waals surface area contributed by atoms with Crippen LogP contribution in [-0.4, -0.2) is 24.9 Å². The summed E-state index contributed by atoms with van der Waals surface area (Å²) in [7, 11) is 0. The fourth-order valence-corrected chi connectivity index (χ4v) is 3.14. The van der Waals surface area contributed by atoms with E-state index in [1.807, 2.05) is 37.3 Å². The summed E-state index contributed by atoms with van der Waals surface area (Å²) in [5.74, 6) is -0.808. The van der Waals surface area contributed by atoms with Gasteiger partial charge >= 0.3 is 0 Å². The van der Waals surface area contributed by atoms with Crippen LogP contribution in [-0.2, 0) is 16.0 Å². The monoisotopic (exact) mass is 354 g/mol. The lowest BCUT2D eigenvalue weighted by Gasteiger charge is -2.21. The van der Waals surface area contributed by atoms with Crippen molar-refractivity contribution >= 4 is 17.5 Å². The van der Waals surface area contributed by atoms with Crippen LogP contribution in [0.2, 0.25) is 0 Å². The fraction of sp³-hybridized carbons (Fsp3) is 0.333. The first-order valence-electron chi connectivity index (χ1n) is 8.98. The Balaban J connectivity index is 1.48. The van der Waals surface area contributed by atoms with Gasteiger partial charge in [0.15, 0.2) is 0 Å². The SMILES string of the molecule is CCN(C(=O)C1CC1C(=O)NCCc1ccc(F)cc1)c1ccccc1. The van der Waals surface area contributed by atoms with Gasteiger partial charge in [-0.1, -0.05) is 30.3 Å². The van der Waals surface area contributed by atoms with Gasteiger partial charge in [0.2, 0.25) is 11.8 Å². The second-order valence-electron chi connectivity index (χ2n) is 6.53. The first kappa shape index (κ1) is 18.1. The van der Waals surface area contributed by atoms with E-state index in [1.54, 1.807) is 17.0 Å². The Bertz CT molecular complexity index is 761. The molecule has 1 aliphatic carbocycles. The minimum atomic E-state index is -0.268. The van der Waals surface area contributed by atoms with E-state index in [0.29, 0.717) is 25.9 Å². The molecule has 0 aliphatic heterocycles. The Labute approximate surface area is 153 Å².